The second kappa shape index (κ2) is 9.58. The van der Waals surface area contributed by atoms with E-state index in [-0.39, 0.29) is 17.2 Å². The Bertz CT molecular complexity index is 1130. The molecule has 0 radical (unpaired) electrons. The summed E-state index contributed by atoms with van der Waals surface area (Å²) in [5.41, 5.74) is 1.60. The number of thiophene rings is 1. The number of amides is 1. The monoisotopic (exact) mass is 456 g/mol. The summed E-state index contributed by atoms with van der Waals surface area (Å²) in [5, 5.41) is 2.80. The molecular formula is C24H22F2N2O3S. The number of hydrogen-bond donors (Lipinski definition) is 1. The number of carbonyl (C=O) groups excluding carboxylic acids is 2. The molecule has 0 fully saturated rings. The minimum atomic E-state index is -0.962. The number of fused-ring (bicyclic) bond motifs is 1. The lowest BCUT2D eigenvalue weighted by Crippen LogP contribution is -2.30. The van der Waals surface area contributed by atoms with E-state index in [0.29, 0.717) is 13.0 Å². The molecule has 2 heterocycles. The molecule has 3 aromatic rings. The van der Waals surface area contributed by atoms with Crippen molar-refractivity contribution in [3.63, 3.8) is 0 Å². The maximum absolute atomic E-state index is 14.1. The number of carbonyl (C=O) groups is 2. The Morgan fingerprint density at radius 2 is 1.78 bits per heavy atom. The highest BCUT2D eigenvalue weighted by atomic mass is 32.1. The molecule has 4 rings (SSSR count). The predicted octanol–water partition coefficient (Wildman–Crippen LogP) is 5.01. The van der Waals surface area contributed by atoms with Crippen LogP contribution in [0.1, 0.15) is 43.6 Å². The van der Waals surface area contributed by atoms with Gasteiger partial charge in [0.05, 0.1) is 12.2 Å². The lowest BCUT2D eigenvalue weighted by molar-refractivity contribution is 0.0526. The molecule has 0 unspecified atom stereocenters. The number of ether oxygens (including phenoxy) is 1. The van der Waals surface area contributed by atoms with Gasteiger partial charge in [-0.1, -0.05) is 36.4 Å². The number of halogens is 2. The third-order valence-electron chi connectivity index (χ3n) is 5.28. The molecule has 0 atom stereocenters. The molecule has 8 heteroatoms. The topological polar surface area (TPSA) is 58.6 Å². The van der Waals surface area contributed by atoms with Crippen molar-refractivity contribution in [1.29, 1.82) is 0 Å². The van der Waals surface area contributed by atoms with Gasteiger partial charge in [0.2, 0.25) is 0 Å². The third kappa shape index (κ3) is 4.56. The molecule has 0 aliphatic carbocycles. The highest BCUT2D eigenvalue weighted by Crippen LogP contribution is 2.38. The number of nitrogens with one attached hydrogen (secondary N) is 1. The molecule has 5 nitrogen and oxygen atoms in total. The summed E-state index contributed by atoms with van der Waals surface area (Å²) in [6.07, 6.45) is 0.608. The van der Waals surface area contributed by atoms with Gasteiger partial charge in [0, 0.05) is 24.5 Å². The molecule has 1 N–H and O–H groups in total. The van der Waals surface area contributed by atoms with Gasteiger partial charge in [-0.05, 0) is 36.6 Å². The summed E-state index contributed by atoms with van der Waals surface area (Å²) < 4.78 is 33.4. The molecule has 0 bridgehead atoms. The molecule has 1 amide bonds. The fourth-order valence-corrected chi connectivity index (χ4v) is 5.09. The Balaban J connectivity index is 1.63. The number of benzene rings is 2. The van der Waals surface area contributed by atoms with Crippen molar-refractivity contribution in [2.24, 2.45) is 0 Å². The van der Waals surface area contributed by atoms with Crippen LogP contribution in [0.25, 0.3) is 0 Å². The number of rotatable bonds is 6. The van der Waals surface area contributed by atoms with Crippen molar-refractivity contribution in [2.75, 3.05) is 18.5 Å². The zero-order valence-corrected chi connectivity index (χ0v) is 18.3. The summed E-state index contributed by atoms with van der Waals surface area (Å²) in [6.45, 7) is 3.98. The summed E-state index contributed by atoms with van der Waals surface area (Å²) in [7, 11) is 0. The predicted molar refractivity (Wildman–Crippen MR) is 119 cm³/mol. The van der Waals surface area contributed by atoms with E-state index in [1.165, 1.54) is 23.0 Å². The van der Waals surface area contributed by atoms with E-state index in [1.54, 1.807) is 6.92 Å². The first kappa shape index (κ1) is 22.1. The highest BCUT2D eigenvalue weighted by Gasteiger charge is 2.30. The summed E-state index contributed by atoms with van der Waals surface area (Å²) >= 11 is 1.25. The van der Waals surface area contributed by atoms with Crippen molar-refractivity contribution in [2.45, 2.75) is 26.4 Å². The standard InChI is InChI=1S/C24H22F2N2O3S/c1-2-31-24(30)20-16-11-12-28(13-15-7-4-3-5-8-15)14-19(16)32-23(20)27-22(29)21-17(25)9-6-10-18(21)26/h3-10H,2,11-14H2,1H3,(H,27,29). The first-order valence-electron chi connectivity index (χ1n) is 10.3. The lowest BCUT2D eigenvalue weighted by atomic mass is 10.0. The van der Waals surface area contributed by atoms with Crippen LogP contribution < -0.4 is 5.32 Å². The zero-order chi connectivity index (χ0) is 22.7. The van der Waals surface area contributed by atoms with E-state index in [1.807, 2.05) is 18.2 Å². The number of esters is 1. The molecule has 166 valence electrons. The normalized spacial score (nSPS) is 13.5. The zero-order valence-electron chi connectivity index (χ0n) is 17.5. The van der Waals surface area contributed by atoms with Crippen LogP contribution in [0.4, 0.5) is 13.8 Å². The van der Waals surface area contributed by atoms with Crippen molar-refractivity contribution < 1.29 is 23.1 Å². The molecule has 0 saturated carbocycles. The molecule has 1 aliphatic heterocycles. The lowest BCUT2D eigenvalue weighted by Gasteiger charge is -2.27. The van der Waals surface area contributed by atoms with Gasteiger partial charge in [-0.15, -0.1) is 11.3 Å². The van der Waals surface area contributed by atoms with E-state index in [9.17, 15) is 18.4 Å². The van der Waals surface area contributed by atoms with E-state index in [0.717, 1.165) is 35.7 Å². The minimum absolute atomic E-state index is 0.179. The first-order valence-corrected chi connectivity index (χ1v) is 11.1. The van der Waals surface area contributed by atoms with Crippen molar-refractivity contribution >= 4 is 28.2 Å². The number of hydrogen-bond acceptors (Lipinski definition) is 5. The van der Waals surface area contributed by atoms with E-state index >= 15 is 0 Å². The van der Waals surface area contributed by atoms with Gasteiger partial charge >= 0.3 is 5.97 Å². The Kier molecular flexibility index (Phi) is 6.62. The van der Waals surface area contributed by atoms with Crippen molar-refractivity contribution in [3.05, 3.63) is 87.3 Å². The quantitative estimate of drug-likeness (QED) is 0.530. The summed E-state index contributed by atoms with van der Waals surface area (Å²) in [4.78, 5) is 28.5. The second-order valence-corrected chi connectivity index (χ2v) is 8.53. The van der Waals surface area contributed by atoms with Crippen molar-refractivity contribution in [1.82, 2.24) is 4.90 Å². The van der Waals surface area contributed by atoms with Crippen LogP contribution in [0.2, 0.25) is 0 Å². The average molecular weight is 457 g/mol. The number of nitrogens with zero attached hydrogens (tertiary/aromatic N) is 1. The van der Waals surface area contributed by atoms with E-state index in [2.05, 4.69) is 22.3 Å². The number of anilines is 1. The SMILES string of the molecule is CCOC(=O)c1c(NC(=O)c2c(F)cccc2F)sc2c1CCN(Cc1ccccc1)C2. The van der Waals surface area contributed by atoms with Crippen LogP contribution in [0, 0.1) is 11.6 Å². The second-order valence-electron chi connectivity index (χ2n) is 7.43. The molecular weight excluding hydrogens is 434 g/mol. The Morgan fingerprint density at radius 1 is 1.06 bits per heavy atom. The van der Waals surface area contributed by atoms with E-state index < -0.39 is 29.1 Å². The van der Waals surface area contributed by atoms with Gasteiger partial charge in [-0.2, -0.15) is 0 Å². The highest BCUT2D eigenvalue weighted by molar-refractivity contribution is 7.17. The molecule has 2 aromatic carbocycles. The first-order chi connectivity index (χ1) is 15.5. The molecule has 1 aromatic heterocycles. The Labute approximate surface area is 188 Å². The Morgan fingerprint density at radius 3 is 2.47 bits per heavy atom. The Hall–Kier alpha value is -3.10. The van der Waals surface area contributed by atoms with Gasteiger partial charge in [-0.25, -0.2) is 13.6 Å². The molecule has 1 aliphatic rings. The summed E-state index contributed by atoms with van der Waals surface area (Å²) in [5.74, 6) is -3.41. The van der Waals surface area contributed by atoms with Crippen LogP contribution >= 0.6 is 11.3 Å². The largest absolute Gasteiger partial charge is 0.462 e. The maximum atomic E-state index is 14.1. The summed E-state index contributed by atoms with van der Waals surface area (Å²) in [6, 6.07) is 13.3. The fraction of sp³-hybridized carbons (Fsp3) is 0.250. The third-order valence-corrected chi connectivity index (χ3v) is 6.41. The van der Waals surface area contributed by atoms with Gasteiger partial charge in [0.25, 0.3) is 5.91 Å². The van der Waals surface area contributed by atoms with Crippen LogP contribution in [-0.2, 0) is 24.2 Å². The van der Waals surface area contributed by atoms with Crippen LogP contribution in [0.15, 0.2) is 48.5 Å². The van der Waals surface area contributed by atoms with Crippen LogP contribution in [0.3, 0.4) is 0 Å². The van der Waals surface area contributed by atoms with Crippen LogP contribution in [-0.4, -0.2) is 29.9 Å². The van der Waals surface area contributed by atoms with Crippen LogP contribution in [0.5, 0.6) is 0 Å². The maximum Gasteiger partial charge on any atom is 0.341 e. The van der Waals surface area contributed by atoms with Gasteiger partial charge in [0.15, 0.2) is 0 Å². The van der Waals surface area contributed by atoms with Gasteiger partial charge in [0.1, 0.15) is 22.2 Å². The minimum Gasteiger partial charge on any atom is -0.462 e. The molecule has 0 saturated heterocycles. The smallest absolute Gasteiger partial charge is 0.341 e. The van der Waals surface area contributed by atoms with Gasteiger partial charge in [-0.3, -0.25) is 9.69 Å². The average Bonchev–Trinajstić information content (AvgIpc) is 3.11. The van der Waals surface area contributed by atoms with Gasteiger partial charge < -0.3 is 10.1 Å². The fourth-order valence-electron chi connectivity index (χ4n) is 3.82. The van der Waals surface area contributed by atoms with Crippen molar-refractivity contribution in [3.8, 4) is 0 Å². The molecule has 32 heavy (non-hydrogen) atoms. The molecule has 0 spiro atoms. The van der Waals surface area contributed by atoms with E-state index in [4.69, 9.17) is 4.74 Å².